The van der Waals surface area contributed by atoms with Crippen LogP contribution in [0.25, 0.3) is 10.2 Å². The summed E-state index contributed by atoms with van der Waals surface area (Å²) in [6.07, 6.45) is 0. The Morgan fingerprint density at radius 3 is 2.88 bits per heavy atom. The van der Waals surface area contributed by atoms with Gasteiger partial charge in [0.25, 0.3) is 0 Å². The Balaban J connectivity index is 1.74. The van der Waals surface area contributed by atoms with Gasteiger partial charge in [0.15, 0.2) is 0 Å². The number of hydrogen-bond acceptors (Lipinski definition) is 4. The molecule has 0 saturated heterocycles. The molecule has 1 N–H and O–H groups in total. The van der Waals surface area contributed by atoms with Crippen LogP contribution in [-0.4, -0.2) is 23.1 Å². The third-order valence-corrected chi connectivity index (χ3v) is 4.62. The Kier molecular flexibility index (Phi) is 5.14. The number of ether oxygens (including phenoxy) is 1. The Hall–Kier alpha value is -2.67. The molecule has 7 heteroatoms. The highest BCUT2D eigenvalue weighted by molar-refractivity contribution is 7.16. The number of aromatic nitrogens is 1. The summed E-state index contributed by atoms with van der Waals surface area (Å²) in [5, 5.41) is 5.54. The predicted octanol–water partition coefficient (Wildman–Crippen LogP) is 3.34. The zero-order valence-electron chi connectivity index (χ0n) is 13.6. The van der Waals surface area contributed by atoms with Crippen LogP contribution in [0, 0.1) is 5.82 Å². The summed E-state index contributed by atoms with van der Waals surface area (Å²) in [6.45, 7) is 2.22. The van der Waals surface area contributed by atoms with Crippen molar-refractivity contribution in [3.8, 4) is 0 Å². The number of nitrogens with zero attached hydrogens (tertiary/aromatic N) is 1. The number of thiophene rings is 1. The van der Waals surface area contributed by atoms with Crippen LogP contribution in [0.2, 0.25) is 0 Å². The van der Waals surface area contributed by atoms with Crippen molar-refractivity contribution in [2.24, 2.45) is 0 Å². The molecule has 0 aliphatic heterocycles. The first-order chi connectivity index (χ1) is 12.1. The molecule has 0 aliphatic rings. The molecule has 5 nitrogen and oxygen atoms in total. The molecule has 130 valence electrons. The number of fused-ring (bicyclic) bond motifs is 1. The molecule has 0 fully saturated rings. The molecule has 1 amide bonds. The third-order valence-electron chi connectivity index (χ3n) is 3.67. The largest absolute Gasteiger partial charge is 0.461 e. The fraction of sp³-hybridized carbons (Fsp3) is 0.222. The first kappa shape index (κ1) is 17.2. The smallest absolute Gasteiger partial charge is 0.355 e. The monoisotopic (exact) mass is 360 g/mol. The second-order valence-corrected chi connectivity index (χ2v) is 6.32. The number of esters is 1. The van der Waals surface area contributed by atoms with Gasteiger partial charge in [-0.3, -0.25) is 4.79 Å². The molecule has 0 bridgehead atoms. The van der Waals surface area contributed by atoms with E-state index in [0.717, 1.165) is 10.2 Å². The van der Waals surface area contributed by atoms with Crippen molar-refractivity contribution >= 4 is 33.4 Å². The zero-order valence-corrected chi connectivity index (χ0v) is 14.4. The minimum atomic E-state index is -0.455. The van der Waals surface area contributed by atoms with E-state index in [4.69, 9.17) is 4.74 Å². The predicted molar refractivity (Wildman–Crippen MR) is 94.0 cm³/mol. The Morgan fingerprint density at radius 2 is 2.12 bits per heavy atom. The second kappa shape index (κ2) is 7.48. The van der Waals surface area contributed by atoms with E-state index < -0.39 is 5.97 Å². The lowest BCUT2D eigenvalue weighted by Gasteiger charge is -2.10. The summed E-state index contributed by atoms with van der Waals surface area (Å²) in [7, 11) is 0. The average molecular weight is 360 g/mol. The van der Waals surface area contributed by atoms with Crippen molar-refractivity contribution in [3.05, 3.63) is 58.9 Å². The van der Waals surface area contributed by atoms with Crippen LogP contribution in [0.5, 0.6) is 0 Å². The molecule has 25 heavy (non-hydrogen) atoms. The van der Waals surface area contributed by atoms with Crippen molar-refractivity contribution in [2.45, 2.75) is 20.0 Å². The lowest BCUT2D eigenvalue weighted by molar-refractivity contribution is -0.121. The number of carbonyl (C=O) groups is 2. The van der Waals surface area contributed by atoms with Crippen LogP contribution in [0.4, 0.5) is 4.39 Å². The normalized spacial score (nSPS) is 10.8. The van der Waals surface area contributed by atoms with Crippen LogP contribution < -0.4 is 5.32 Å². The lowest BCUT2D eigenvalue weighted by Crippen LogP contribution is -2.28. The van der Waals surface area contributed by atoms with Gasteiger partial charge < -0.3 is 14.6 Å². The molecule has 1 aromatic carbocycles. The van der Waals surface area contributed by atoms with E-state index in [1.54, 1.807) is 29.7 Å². The van der Waals surface area contributed by atoms with E-state index in [2.05, 4.69) is 5.32 Å². The molecular formula is C18H17FN2O3S. The third kappa shape index (κ3) is 3.88. The summed E-state index contributed by atoms with van der Waals surface area (Å²) in [5.41, 5.74) is 1.03. The number of nitrogens with one attached hydrogen (secondary N) is 1. The molecule has 0 radical (unpaired) electrons. The van der Waals surface area contributed by atoms with E-state index in [1.807, 2.05) is 11.4 Å². The number of amides is 1. The standard InChI is InChI=1S/C18H17FN2O3S/c1-2-24-18(23)15-9-13-6-7-25-17(13)21(15)11-16(22)20-10-12-4-3-5-14(19)8-12/h3-9H,2,10-11H2,1H3,(H,20,22). The van der Waals surface area contributed by atoms with Gasteiger partial charge in [-0.25, -0.2) is 9.18 Å². The number of carbonyl (C=O) groups excluding carboxylic acids is 2. The second-order valence-electron chi connectivity index (χ2n) is 5.42. The molecule has 2 heterocycles. The van der Waals surface area contributed by atoms with Crippen LogP contribution in [-0.2, 0) is 22.6 Å². The number of rotatable bonds is 6. The van der Waals surface area contributed by atoms with Crippen molar-refractivity contribution in [2.75, 3.05) is 6.61 Å². The minimum Gasteiger partial charge on any atom is -0.461 e. The number of hydrogen-bond donors (Lipinski definition) is 1. The van der Waals surface area contributed by atoms with Crippen LogP contribution >= 0.6 is 11.3 Å². The van der Waals surface area contributed by atoms with Crippen LogP contribution in [0.3, 0.4) is 0 Å². The van der Waals surface area contributed by atoms with E-state index in [1.165, 1.54) is 23.5 Å². The van der Waals surface area contributed by atoms with Gasteiger partial charge in [0.05, 0.1) is 6.61 Å². The lowest BCUT2D eigenvalue weighted by atomic mass is 10.2. The fourth-order valence-electron chi connectivity index (χ4n) is 2.55. The first-order valence-electron chi connectivity index (χ1n) is 7.83. The highest BCUT2D eigenvalue weighted by atomic mass is 32.1. The van der Waals surface area contributed by atoms with Gasteiger partial charge in [-0.05, 0) is 42.1 Å². The molecule has 0 atom stereocenters. The Morgan fingerprint density at radius 1 is 1.28 bits per heavy atom. The van der Waals surface area contributed by atoms with E-state index in [9.17, 15) is 14.0 Å². The maximum Gasteiger partial charge on any atom is 0.355 e. The van der Waals surface area contributed by atoms with E-state index in [-0.39, 0.29) is 31.4 Å². The molecule has 3 aromatic rings. The SMILES string of the molecule is CCOC(=O)c1cc2ccsc2n1CC(=O)NCc1cccc(F)c1. The van der Waals surface area contributed by atoms with Gasteiger partial charge in [0.2, 0.25) is 5.91 Å². The van der Waals surface area contributed by atoms with Crippen molar-refractivity contribution in [1.29, 1.82) is 0 Å². The molecule has 0 aliphatic carbocycles. The van der Waals surface area contributed by atoms with Gasteiger partial charge >= 0.3 is 5.97 Å². The quantitative estimate of drug-likeness (QED) is 0.686. The molecule has 0 unspecified atom stereocenters. The van der Waals surface area contributed by atoms with Crippen molar-refractivity contribution in [1.82, 2.24) is 9.88 Å². The van der Waals surface area contributed by atoms with Gasteiger partial charge in [-0.1, -0.05) is 12.1 Å². The molecule has 3 rings (SSSR count). The maximum absolute atomic E-state index is 13.2. The molecule has 0 saturated carbocycles. The van der Waals surface area contributed by atoms with Gasteiger partial charge in [0.1, 0.15) is 22.9 Å². The highest BCUT2D eigenvalue weighted by Crippen LogP contribution is 2.25. The van der Waals surface area contributed by atoms with Crippen molar-refractivity contribution < 1.29 is 18.7 Å². The highest BCUT2D eigenvalue weighted by Gasteiger charge is 2.19. The molecular weight excluding hydrogens is 343 g/mol. The Labute approximate surface area is 148 Å². The minimum absolute atomic E-state index is 0.00647. The zero-order chi connectivity index (χ0) is 17.8. The first-order valence-corrected chi connectivity index (χ1v) is 8.71. The van der Waals surface area contributed by atoms with Gasteiger partial charge in [-0.15, -0.1) is 11.3 Å². The van der Waals surface area contributed by atoms with Crippen LogP contribution in [0.15, 0.2) is 41.8 Å². The summed E-state index contributed by atoms with van der Waals surface area (Å²) in [5.74, 6) is -1.06. The van der Waals surface area contributed by atoms with Gasteiger partial charge in [-0.2, -0.15) is 0 Å². The van der Waals surface area contributed by atoms with Crippen molar-refractivity contribution in [3.63, 3.8) is 0 Å². The topological polar surface area (TPSA) is 60.3 Å². The number of halogens is 1. The average Bonchev–Trinajstić information content (AvgIpc) is 3.16. The van der Waals surface area contributed by atoms with E-state index >= 15 is 0 Å². The summed E-state index contributed by atoms with van der Waals surface area (Å²) < 4.78 is 19.9. The Bertz CT molecular complexity index is 916. The van der Waals surface area contributed by atoms with E-state index in [0.29, 0.717) is 11.3 Å². The summed E-state index contributed by atoms with van der Waals surface area (Å²) in [4.78, 5) is 25.3. The molecule has 2 aromatic heterocycles. The number of benzene rings is 1. The molecule has 0 spiro atoms. The summed E-state index contributed by atoms with van der Waals surface area (Å²) >= 11 is 1.45. The summed E-state index contributed by atoms with van der Waals surface area (Å²) in [6, 6.07) is 9.67. The van der Waals surface area contributed by atoms with Crippen LogP contribution in [0.1, 0.15) is 23.0 Å². The van der Waals surface area contributed by atoms with Gasteiger partial charge in [0, 0.05) is 11.9 Å². The fourth-order valence-corrected chi connectivity index (χ4v) is 3.45. The maximum atomic E-state index is 13.2.